The Labute approximate surface area is 149 Å². The van der Waals surface area contributed by atoms with Crippen molar-refractivity contribution in [2.24, 2.45) is 5.92 Å². The lowest BCUT2D eigenvalue weighted by atomic mass is 9.97. The number of piperidine rings is 1. The van der Waals surface area contributed by atoms with E-state index >= 15 is 0 Å². The van der Waals surface area contributed by atoms with Gasteiger partial charge in [-0.2, -0.15) is 9.64 Å². The summed E-state index contributed by atoms with van der Waals surface area (Å²) >= 11 is 7.15. The van der Waals surface area contributed by atoms with Gasteiger partial charge in [-0.1, -0.05) is 17.7 Å². The molecule has 3 rings (SSSR count). The Kier molecular flexibility index (Phi) is 4.97. The number of nitrogens with one attached hydrogen (secondary N) is 1. The SMILES string of the molecule is Cc1cccc(NC(=O)C2CCCN(c3snc(Cl)c3C#N)C2)n1. The Morgan fingerprint density at radius 2 is 2.38 bits per heavy atom. The molecule has 0 saturated carbocycles. The first-order chi connectivity index (χ1) is 11.6. The molecule has 0 spiro atoms. The van der Waals surface area contributed by atoms with E-state index in [4.69, 9.17) is 11.6 Å². The fourth-order valence-electron chi connectivity index (χ4n) is 2.79. The quantitative estimate of drug-likeness (QED) is 0.907. The number of aryl methyl sites for hydroxylation is 1. The second-order valence-corrected chi connectivity index (χ2v) is 6.81. The van der Waals surface area contributed by atoms with Crippen LogP contribution in [-0.2, 0) is 4.79 Å². The molecule has 1 saturated heterocycles. The molecule has 24 heavy (non-hydrogen) atoms. The van der Waals surface area contributed by atoms with Crippen molar-refractivity contribution in [3.8, 4) is 6.07 Å². The molecule has 1 atom stereocenters. The van der Waals surface area contributed by atoms with Crippen LogP contribution in [-0.4, -0.2) is 28.4 Å². The van der Waals surface area contributed by atoms with Gasteiger partial charge in [-0.15, -0.1) is 0 Å². The highest BCUT2D eigenvalue weighted by molar-refractivity contribution is 7.10. The van der Waals surface area contributed by atoms with Crippen LogP contribution in [0.2, 0.25) is 5.15 Å². The van der Waals surface area contributed by atoms with Gasteiger partial charge in [-0.05, 0) is 43.4 Å². The number of pyridine rings is 1. The number of halogens is 1. The second kappa shape index (κ2) is 7.16. The van der Waals surface area contributed by atoms with Crippen LogP contribution in [0, 0.1) is 24.2 Å². The number of hydrogen-bond acceptors (Lipinski definition) is 6. The van der Waals surface area contributed by atoms with Crippen molar-refractivity contribution in [2.45, 2.75) is 19.8 Å². The van der Waals surface area contributed by atoms with E-state index in [0.29, 0.717) is 17.9 Å². The molecule has 124 valence electrons. The van der Waals surface area contributed by atoms with Crippen molar-refractivity contribution in [3.63, 3.8) is 0 Å². The van der Waals surface area contributed by atoms with Crippen LogP contribution in [0.4, 0.5) is 10.8 Å². The molecule has 2 aromatic rings. The van der Waals surface area contributed by atoms with Crippen molar-refractivity contribution in [1.82, 2.24) is 9.36 Å². The zero-order valence-electron chi connectivity index (χ0n) is 13.1. The molecule has 1 amide bonds. The van der Waals surface area contributed by atoms with Gasteiger partial charge in [0.25, 0.3) is 0 Å². The third-order valence-electron chi connectivity index (χ3n) is 3.96. The van der Waals surface area contributed by atoms with Gasteiger partial charge in [0.2, 0.25) is 5.91 Å². The van der Waals surface area contributed by atoms with Crippen LogP contribution in [0.3, 0.4) is 0 Å². The first-order valence-electron chi connectivity index (χ1n) is 7.63. The average Bonchev–Trinajstić information content (AvgIpc) is 2.95. The highest BCUT2D eigenvalue weighted by Gasteiger charge is 2.29. The lowest BCUT2D eigenvalue weighted by molar-refractivity contribution is -0.120. The third kappa shape index (κ3) is 3.50. The number of nitriles is 1. The molecule has 1 aliphatic heterocycles. The molecule has 8 heteroatoms. The Morgan fingerprint density at radius 1 is 1.54 bits per heavy atom. The fraction of sp³-hybridized carbons (Fsp3) is 0.375. The smallest absolute Gasteiger partial charge is 0.230 e. The molecule has 3 heterocycles. The van der Waals surface area contributed by atoms with Crippen molar-refractivity contribution < 1.29 is 4.79 Å². The molecule has 1 N–H and O–H groups in total. The Hall–Kier alpha value is -2.17. The van der Waals surface area contributed by atoms with Gasteiger partial charge in [-0.25, -0.2) is 4.98 Å². The average molecular weight is 362 g/mol. The minimum absolute atomic E-state index is 0.0491. The third-order valence-corrected chi connectivity index (χ3v) is 5.25. The van der Waals surface area contributed by atoms with Gasteiger partial charge in [0.1, 0.15) is 22.5 Å². The number of hydrogen-bond donors (Lipinski definition) is 1. The van der Waals surface area contributed by atoms with E-state index < -0.39 is 0 Å². The largest absolute Gasteiger partial charge is 0.360 e. The van der Waals surface area contributed by atoms with Gasteiger partial charge in [0.05, 0.1) is 5.92 Å². The van der Waals surface area contributed by atoms with E-state index in [0.717, 1.165) is 30.1 Å². The van der Waals surface area contributed by atoms with Gasteiger partial charge in [-0.3, -0.25) is 4.79 Å². The van der Waals surface area contributed by atoms with E-state index in [1.165, 1.54) is 11.5 Å². The lowest BCUT2D eigenvalue weighted by Crippen LogP contribution is -2.40. The number of nitrogens with zero attached hydrogens (tertiary/aromatic N) is 4. The predicted octanol–water partition coefficient (Wildman–Crippen LogP) is 3.23. The maximum atomic E-state index is 12.5. The van der Waals surface area contributed by atoms with Gasteiger partial charge >= 0.3 is 0 Å². The molecule has 0 radical (unpaired) electrons. The van der Waals surface area contributed by atoms with E-state index in [2.05, 4.69) is 20.7 Å². The molecule has 2 aromatic heterocycles. The summed E-state index contributed by atoms with van der Waals surface area (Å²) in [5.41, 5.74) is 1.25. The summed E-state index contributed by atoms with van der Waals surface area (Å²) in [5.74, 6) is 0.357. The van der Waals surface area contributed by atoms with Crippen LogP contribution in [0.15, 0.2) is 18.2 Å². The number of anilines is 2. The summed E-state index contributed by atoms with van der Waals surface area (Å²) in [6.45, 7) is 3.22. The second-order valence-electron chi connectivity index (χ2n) is 5.70. The summed E-state index contributed by atoms with van der Waals surface area (Å²) in [4.78, 5) is 18.9. The molecule has 1 unspecified atom stereocenters. The van der Waals surface area contributed by atoms with Crippen molar-refractivity contribution in [1.29, 1.82) is 5.26 Å². The summed E-state index contributed by atoms with van der Waals surface area (Å²) in [5, 5.41) is 13.1. The first kappa shape index (κ1) is 16.7. The van der Waals surface area contributed by atoms with E-state index in [9.17, 15) is 10.1 Å². The lowest BCUT2D eigenvalue weighted by Gasteiger charge is -2.32. The standard InChI is InChI=1S/C16H16ClN5OS/c1-10-4-2-6-13(19-10)20-15(23)11-5-3-7-22(9-11)16-12(8-18)14(17)21-24-16/h2,4,6,11H,3,5,7,9H2,1H3,(H,19,20,23). The highest BCUT2D eigenvalue weighted by atomic mass is 35.5. The Balaban J connectivity index is 1.71. The molecule has 0 aliphatic carbocycles. The minimum Gasteiger partial charge on any atom is -0.360 e. The van der Waals surface area contributed by atoms with Gasteiger partial charge in [0.15, 0.2) is 5.15 Å². The number of amides is 1. The van der Waals surface area contributed by atoms with Crippen molar-refractivity contribution >= 4 is 39.9 Å². The fourth-order valence-corrected chi connectivity index (χ4v) is 3.85. The molecular formula is C16H16ClN5OS. The van der Waals surface area contributed by atoms with Crippen LogP contribution >= 0.6 is 23.1 Å². The number of rotatable bonds is 3. The van der Waals surface area contributed by atoms with Crippen LogP contribution in [0.1, 0.15) is 24.1 Å². The number of aromatic nitrogens is 2. The van der Waals surface area contributed by atoms with Crippen LogP contribution < -0.4 is 10.2 Å². The van der Waals surface area contributed by atoms with Crippen molar-refractivity contribution in [3.05, 3.63) is 34.6 Å². The molecule has 6 nitrogen and oxygen atoms in total. The summed E-state index contributed by atoms with van der Waals surface area (Å²) in [7, 11) is 0. The molecule has 0 bridgehead atoms. The minimum atomic E-state index is -0.159. The first-order valence-corrected chi connectivity index (χ1v) is 8.78. The highest BCUT2D eigenvalue weighted by Crippen LogP contribution is 2.34. The summed E-state index contributed by atoms with van der Waals surface area (Å²) in [6.07, 6.45) is 1.68. The zero-order chi connectivity index (χ0) is 17.1. The number of carbonyl (C=O) groups is 1. The van der Waals surface area contributed by atoms with E-state index in [1.807, 2.05) is 24.0 Å². The van der Waals surface area contributed by atoms with Gasteiger partial charge < -0.3 is 10.2 Å². The van der Waals surface area contributed by atoms with E-state index in [-0.39, 0.29) is 17.0 Å². The normalized spacial score (nSPS) is 17.4. The Morgan fingerprint density at radius 3 is 3.12 bits per heavy atom. The summed E-state index contributed by atoms with van der Waals surface area (Å²) < 4.78 is 4.04. The maximum Gasteiger partial charge on any atom is 0.230 e. The predicted molar refractivity (Wildman–Crippen MR) is 94.4 cm³/mol. The summed E-state index contributed by atoms with van der Waals surface area (Å²) in [6, 6.07) is 7.62. The molecular weight excluding hydrogens is 346 g/mol. The van der Waals surface area contributed by atoms with E-state index in [1.54, 1.807) is 6.07 Å². The van der Waals surface area contributed by atoms with Crippen molar-refractivity contribution in [2.75, 3.05) is 23.3 Å². The van der Waals surface area contributed by atoms with Crippen LogP contribution in [0.25, 0.3) is 0 Å². The Bertz CT molecular complexity index is 800. The molecule has 1 fully saturated rings. The topological polar surface area (TPSA) is 81.9 Å². The zero-order valence-corrected chi connectivity index (χ0v) is 14.7. The van der Waals surface area contributed by atoms with Crippen LogP contribution in [0.5, 0.6) is 0 Å². The van der Waals surface area contributed by atoms with Gasteiger partial charge in [0, 0.05) is 18.8 Å². The molecule has 0 aromatic carbocycles. The maximum absolute atomic E-state index is 12.5. The molecule has 1 aliphatic rings. The monoisotopic (exact) mass is 361 g/mol. The number of carbonyl (C=O) groups excluding carboxylic acids is 1.